The number of sulfone groups is 1. The zero-order valence-electron chi connectivity index (χ0n) is 11.0. The maximum atomic E-state index is 12.2. The number of hydrogen-bond acceptors (Lipinski definition) is 5. The summed E-state index contributed by atoms with van der Waals surface area (Å²) in [6, 6.07) is 7.02. The average molecular weight is 281 g/mol. The average Bonchev–Trinajstić information content (AvgIpc) is 2.90. The van der Waals surface area contributed by atoms with E-state index in [2.05, 4.69) is 15.6 Å². The number of hydrogen-bond donors (Lipinski definition) is 2. The first-order valence-corrected chi connectivity index (χ1v) is 8.11. The van der Waals surface area contributed by atoms with Crippen LogP contribution >= 0.6 is 0 Å². The van der Waals surface area contributed by atoms with Gasteiger partial charge in [0.25, 0.3) is 0 Å². The van der Waals surface area contributed by atoms with Gasteiger partial charge in [-0.25, -0.2) is 8.42 Å². The number of aliphatic imine (C=N–C) groups is 1. The van der Waals surface area contributed by atoms with E-state index in [1.165, 1.54) is 0 Å². The van der Waals surface area contributed by atoms with Crippen LogP contribution in [0, 0.1) is 0 Å². The summed E-state index contributed by atoms with van der Waals surface area (Å²) in [4.78, 5) is 4.64. The molecule has 0 atom stereocenters. The van der Waals surface area contributed by atoms with E-state index in [1.54, 1.807) is 18.2 Å². The molecule has 0 bridgehead atoms. The van der Waals surface area contributed by atoms with Gasteiger partial charge in [-0.3, -0.25) is 4.99 Å². The van der Waals surface area contributed by atoms with E-state index >= 15 is 0 Å². The van der Waals surface area contributed by atoms with E-state index in [0.29, 0.717) is 23.5 Å². The number of rotatable bonds is 6. The Morgan fingerprint density at radius 1 is 1.37 bits per heavy atom. The molecule has 0 amide bonds. The molecule has 104 valence electrons. The van der Waals surface area contributed by atoms with Crippen LogP contribution in [-0.4, -0.2) is 39.6 Å². The zero-order valence-corrected chi connectivity index (χ0v) is 11.8. The summed E-state index contributed by atoms with van der Waals surface area (Å²) in [5, 5.41) is 6.30. The molecular weight excluding hydrogens is 262 g/mol. The lowest BCUT2D eigenvalue weighted by atomic mass is 10.3. The molecule has 1 aliphatic heterocycles. The van der Waals surface area contributed by atoms with Crippen molar-refractivity contribution in [2.24, 2.45) is 4.99 Å². The summed E-state index contributed by atoms with van der Waals surface area (Å²) < 4.78 is 24.3. The van der Waals surface area contributed by atoms with E-state index in [9.17, 15) is 8.42 Å². The number of anilines is 1. The van der Waals surface area contributed by atoms with Crippen molar-refractivity contribution in [1.29, 1.82) is 0 Å². The number of nitrogens with one attached hydrogen (secondary N) is 2. The highest BCUT2D eigenvalue weighted by atomic mass is 32.2. The highest BCUT2D eigenvalue weighted by molar-refractivity contribution is 7.91. The molecule has 1 heterocycles. The summed E-state index contributed by atoms with van der Waals surface area (Å²) in [7, 11) is -3.21. The SMILES string of the molecule is CCCS(=O)(=O)c1ccccc1NCC1=NCCN1. The molecule has 5 nitrogen and oxygen atoms in total. The van der Waals surface area contributed by atoms with Gasteiger partial charge in [-0.2, -0.15) is 0 Å². The van der Waals surface area contributed by atoms with Crippen molar-refractivity contribution in [3.05, 3.63) is 24.3 Å². The first kappa shape index (κ1) is 13.9. The summed E-state index contributed by atoms with van der Waals surface area (Å²) in [5.41, 5.74) is 0.646. The van der Waals surface area contributed by atoms with Crippen molar-refractivity contribution in [2.45, 2.75) is 18.2 Å². The van der Waals surface area contributed by atoms with Crippen LogP contribution in [0.2, 0.25) is 0 Å². The van der Waals surface area contributed by atoms with Crippen LogP contribution in [0.25, 0.3) is 0 Å². The molecule has 1 aromatic rings. The van der Waals surface area contributed by atoms with Gasteiger partial charge in [0.15, 0.2) is 9.84 Å². The van der Waals surface area contributed by atoms with Crippen molar-refractivity contribution in [3.8, 4) is 0 Å². The Labute approximate surface area is 114 Å². The molecule has 2 N–H and O–H groups in total. The van der Waals surface area contributed by atoms with E-state index in [4.69, 9.17) is 0 Å². The fraction of sp³-hybridized carbons (Fsp3) is 0.462. The molecule has 0 fully saturated rings. The Hall–Kier alpha value is -1.56. The highest BCUT2D eigenvalue weighted by Gasteiger charge is 2.17. The van der Waals surface area contributed by atoms with Crippen molar-refractivity contribution in [2.75, 3.05) is 30.7 Å². The van der Waals surface area contributed by atoms with Crippen LogP contribution < -0.4 is 10.6 Å². The van der Waals surface area contributed by atoms with Crippen LogP contribution in [-0.2, 0) is 9.84 Å². The second-order valence-corrected chi connectivity index (χ2v) is 6.50. The molecule has 1 aliphatic rings. The standard InChI is InChI=1S/C13H19N3O2S/c1-2-9-19(17,18)12-6-4-3-5-11(12)16-10-13-14-7-8-15-13/h3-6,16H,2,7-10H2,1H3,(H,14,15). The fourth-order valence-corrected chi connectivity index (χ4v) is 3.53. The molecule has 0 aromatic heterocycles. The molecule has 0 saturated heterocycles. The van der Waals surface area contributed by atoms with Crippen LogP contribution in [0.15, 0.2) is 34.2 Å². The maximum Gasteiger partial charge on any atom is 0.180 e. The third-order valence-corrected chi connectivity index (χ3v) is 4.86. The Balaban J connectivity index is 2.16. The molecule has 0 unspecified atom stereocenters. The molecule has 0 saturated carbocycles. The summed E-state index contributed by atoms with van der Waals surface area (Å²) >= 11 is 0. The first-order chi connectivity index (χ1) is 9.13. The topological polar surface area (TPSA) is 70.6 Å². The highest BCUT2D eigenvalue weighted by Crippen LogP contribution is 2.22. The summed E-state index contributed by atoms with van der Waals surface area (Å²) in [5.74, 6) is 1.05. The fourth-order valence-electron chi connectivity index (χ4n) is 2.01. The second kappa shape index (κ2) is 6.06. The van der Waals surface area contributed by atoms with Crippen LogP contribution in [0.3, 0.4) is 0 Å². The zero-order chi connectivity index (χ0) is 13.7. The smallest absolute Gasteiger partial charge is 0.180 e. The van der Waals surface area contributed by atoms with Crippen molar-refractivity contribution in [3.63, 3.8) is 0 Å². The van der Waals surface area contributed by atoms with Crippen LogP contribution in [0.4, 0.5) is 5.69 Å². The lowest BCUT2D eigenvalue weighted by Gasteiger charge is -2.12. The lowest BCUT2D eigenvalue weighted by Crippen LogP contribution is -2.26. The van der Waals surface area contributed by atoms with E-state index in [0.717, 1.165) is 18.9 Å². The number of para-hydroxylation sites is 1. The number of nitrogens with zero attached hydrogens (tertiary/aromatic N) is 1. The van der Waals surface area contributed by atoms with Gasteiger partial charge in [0.2, 0.25) is 0 Å². The second-order valence-electron chi connectivity index (χ2n) is 4.42. The summed E-state index contributed by atoms with van der Waals surface area (Å²) in [6.45, 7) is 4.03. The molecule has 2 rings (SSSR count). The van der Waals surface area contributed by atoms with Gasteiger partial charge in [0.1, 0.15) is 5.84 Å². The monoisotopic (exact) mass is 281 g/mol. The summed E-state index contributed by atoms with van der Waals surface area (Å²) in [6.07, 6.45) is 0.616. The minimum Gasteiger partial charge on any atom is -0.377 e. The molecule has 1 aromatic carbocycles. The van der Waals surface area contributed by atoms with Gasteiger partial charge in [-0.15, -0.1) is 0 Å². The molecule has 0 aliphatic carbocycles. The van der Waals surface area contributed by atoms with Gasteiger partial charge in [-0.05, 0) is 18.6 Å². The predicted octanol–water partition coefficient (Wildman–Crippen LogP) is 1.28. The Morgan fingerprint density at radius 2 is 2.16 bits per heavy atom. The number of benzene rings is 1. The van der Waals surface area contributed by atoms with Crippen molar-refractivity contribution in [1.82, 2.24) is 5.32 Å². The van der Waals surface area contributed by atoms with Crippen molar-refractivity contribution >= 4 is 21.4 Å². The minimum atomic E-state index is -3.21. The molecular formula is C13H19N3O2S. The first-order valence-electron chi connectivity index (χ1n) is 6.46. The molecule has 19 heavy (non-hydrogen) atoms. The third kappa shape index (κ3) is 3.47. The Morgan fingerprint density at radius 3 is 2.84 bits per heavy atom. The third-order valence-electron chi connectivity index (χ3n) is 2.88. The van der Waals surface area contributed by atoms with Crippen LogP contribution in [0.5, 0.6) is 0 Å². The quantitative estimate of drug-likeness (QED) is 0.824. The Bertz CT molecular complexity index is 567. The number of amidine groups is 1. The largest absolute Gasteiger partial charge is 0.377 e. The predicted molar refractivity (Wildman–Crippen MR) is 77.6 cm³/mol. The minimum absolute atomic E-state index is 0.172. The van der Waals surface area contributed by atoms with Crippen LogP contribution in [0.1, 0.15) is 13.3 Å². The lowest BCUT2D eigenvalue weighted by molar-refractivity contribution is 0.595. The molecule has 6 heteroatoms. The molecule has 0 spiro atoms. The van der Waals surface area contributed by atoms with Crippen molar-refractivity contribution < 1.29 is 8.42 Å². The maximum absolute atomic E-state index is 12.2. The van der Waals surface area contributed by atoms with E-state index in [-0.39, 0.29) is 5.75 Å². The van der Waals surface area contributed by atoms with Gasteiger partial charge in [0, 0.05) is 6.54 Å². The molecule has 0 radical (unpaired) electrons. The van der Waals surface area contributed by atoms with E-state index in [1.807, 2.05) is 13.0 Å². The van der Waals surface area contributed by atoms with E-state index < -0.39 is 9.84 Å². The van der Waals surface area contributed by atoms with Gasteiger partial charge in [-0.1, -0.05) is 19.1 Å². The normalized spacial score (nSPS) is 14.9. The van der Waals surface area contributed by atoms with Gasteiger partial charge >= 0.3 is 0 Å². The Kier molecular flexibility index (Phi) is 4.42. The van der Waals surface area contributed by atoms with Gasteiger partial charge < -0.3 is 10.6 Å². The van der Waals surface area contributed by atoms with Gasteiger partial charge in [0.05, 0.1) is 29.4 Å².